The summed E-state index contributed by atoms with van der Waals surface area (Å²) in [5.41, 5.74) is 1.07. The first-order valence-electron chi connectivity index (χ1n) is 5.84. The summed E-state index contributed by atoms with van der Waals surface area (Å²) >= 11 is 0. The molecule has 1 aliphatic rings. The van der Waals surface area contributed by atoms with Gasteiger partial charge in [0.15, 0.2) is 0 Å². The number of aromatic nitrogens is 1. The highest BCUT2D eigenvalue weighted by atomic mass is 16.5. The van der Waals surface area contributed by atoms with E-state index in [0.29, 0.717) is 23.8 Å². The van der Waals surface area contributed by atoms with Gasteiger partial charge in [-0.3, -0.25) is 0 Å². The third-order valence-electron chi connectivity index (χ3n) is 2.88. The van der Waals surface area contributed by atoms with Crippen LogP contribution in [0.15, 0.2) is 22.7 Å². The molecule has 0 N–H and O–H groups in total. The second kappa shape index (κ2) is 3.87. The van der Waals surface area contributed by atoms with Crippen molar-refractivity contribution in [2.24, 2.45) is 0 Å². The van der Waals surface area contributed by atoms with Crippen LogP contribution in [0.4, 0.5) is 0 Å². The molecule has 0 atom stereocenters. The van der Waals surface area contributed by atoms with Crippen LogP contribution < -0.4 is 0 Å². The quantitative estimate of drug-likeness (QED) is 0.762. The maximum absolute atomic E-state index is 11.5. The van der Waals surface area contributed by atoms with Crippen LogP contribution in [0.2, 0.25) is 0 Å². The van der Waals surface area contributed by atoms with Crippen LogP contribution in [0.5, 0.6) is 0 Å². The van der Waals surface area contributed by atoms with Crippen LogP contribution in [-0.4, -0.2) is 17.6 Å². The lowest BCUT2D eigenvalue weighted by Crippen LogP contribution is -2.04. The molecule has 88 valence electrons. The number of hydrogen-bond donors (Lipinski definition) is 0. The number of furan rings is 1. The molecular formula is C13H13NO3. The fourth-order valence-corrected chi connectivity index (χ4v) is 1.85. The van der Waals surface area contributed by atoms with E-state index in [1.54, 1.807) is 13.0 Å². The zero-order chi connectivity index (χ0) is 11.8. The number of carbonyl (C=O) groups excluding carboxylic acids is 1. The summed E-state index contributed by atoms with van der Waals surface area (Å²) in [5.74, 6) is 1.19. The topological polar surface area (TPSA) is 52.3 Å². The van der Waals surface area contributed by atoms with Crippen LogP contribution in [0.1, 0.15) is 41.8 Å². The van der Waals surface area contributed by atoms with Gasteiger partial charge in [0.25, 0.3) is 0 Å². The van der Waals surface area contributed by atoms with Crippen LogP contribution in [0, 0.1) is 0 Å². The minimum Gasteiger partial charge on any atom is -0.462 e. The van der Waals surface area contributed by atoms with E-state index in [4.69, 9.17) is 9.15 Å². The zero-order valence-electron chi connectivity index (χ0n) is 9.60. The van der Waals surface area contributed by atoms with Crippen molar-refractivity contribution in [1.29, 1.82) is 0 Å². The average Bonchev–Trinajstić information content (AvgIpc) is 3.08. The Morgan fingerprint density at radius 3 is 3.06 bits per heavy atom. The van der Waals surface area contributed by atoms with Crippen LogP contribution >= 0.6 is 0 Å². The molecule has 1 saturated carbocycles. The van der Waals surface area contributed by atoms with Gasteiger partial charge in [-0.15, -0.1) is 0 Å². The second-order valence-electron chi connectivity index (χ2n) is 4.26. The Morgan fingerprint density at radius 1 is 1.53 bits per heavy atom. The molecule has 2 heterocycles. The molecule has 0 aliphatic heterocycles. The van der Waals surface area contributed by atoms with Gasteiger partial charge in [0.05, 0.1) is 12.2 Å². The summed E-state index contributed by atoms with van der Waals surface area (Å²) < 4.78 is 10.6. The molecule has 0 aromatic carbocycles. The van der Waals surface area contributed by atoms with E-state index in [0.717, 1.165) is 11.1 Å². The molecule has 0 amide bonds. The average molecular weight is 231 g/mol. The lowest BCUT2D eigenvalue weighted by atomic mass is 10.2. The van der Waals surface area contributed by atoms with Gasteiger partial charge in [0.2, 0.25) is 5.71 Å². The normalized spacial score (nSPS) is 15.1. The molecule has 4 nitrogen and oxygen atoms in total. The standard InChI is InChI=1S/C13H13NO3/c1-2-16-13(15)10-5-9-6-11(8-3-4-8)17-12(9)14-7-10/h5-8H,2-4H2,1H3. The maximum atomic E-state index is 11.5. The molecule has 0 unspecified atom stereocenters. The predicted octanol–water partition coefficient (Wildman–Crippen LogP) is 2.88. The van der Waals surface area contributed by atoms with E-state index in [1.165, 1.54) is 19.0 Å². The molecular weight excluding hydrogens is 218 g/mol. The largest absolute Gasteiger partial charge is 0.462 e. The Morgan fingerprint density at radius 2 is 2.35 bits per heavy atom. The Bertz CT molecular complexity index is 569. The van der Waals surface area contributed by atoms with Crippen molar-refractivity contribution in [3.05, 3.63) is 29.7 Å². The molecule has 2 aromatic heterocycles. The number of rotatable bonds is 3. The smallest absolute Gasteiger partial charge is 0.339 e. The zero-order valence-corrected chi connectivity index (χ0v) is 9.60. The van der Waals surface area contributed by atoms with Crippen molar-refractivity contribution < 1.29 is 13.9 Å². The number of hydrogen-bond acceptors (Lipinski definition) is 4. The van der Waals surface area contributed by atoms with Gasteiger partial charge in [0.1, 0.15) is 5.76 Å². The van der Waals surface area contributed by atoms with Crippen molar-refractivity contribution in [3.8, 4) is 0 Å². The van der Waals surface area contributed by atoms with E-state index in [-0.39, 0.29) is 5.97 Å². The van der Waals surface area contributed by atoms with E-state index in [9.17, 15) is 4.79 Å². The van der Waals surface area contributed by atoms with Gasteiger partial charge in [-0.25, -0.2) is 9.78 Å². The predicted molar refractivity (Wildman–Crippen MR) is 61.9 cm³/mol. The Hall–Kier alpha value is -1.84. The maximum Gasteiger partial charge on any atom is 0.339 e. The van der Waals surface area contributed by atoms with E-state index in [1.807, 2.05) is 6.07 Å². The fourth-order valence-electron chi connectivity index (χ4n) is 1.85. The number of carbonyl (C=O) groups is 1. The first kappa shape index (κ1) is 10.3. The molecule has 17 heavy (non-hydrogen) atoms. The molecule has 0 bridgehead atoms. The molecule has 4 heteroatoms. The summed E-state index contributed by atoms with van der Waals surface area (Å²) in [5, 5.41) is 0.873. The third-order valence-corrected chi connectivity index (χ3v) is 2.88. The Labute approximate surface area is 98.6 Å². The highest BCUT2D eigenvalue weighted by Crippen LogP contribution is 2.41. The van der Waals surface area contributed by atoms with Gasteiger partial charge in [-0.1, -0.05) is 0 Å². The summed E-state index contributed by atoms with van der Waals surface area (Å²) in [7, 11) is 0. The van der Waals surface area contributed by atoms with Crippen LogP contribution in [0.25, 0.3) is 11.1 Å². The fraction of sp³-hybridized carbons (Fsp3) is 0.385. The van der Waals surface area contributed by atoms with Crippen molar-refractivity contribution in [3.63, 3.8) is 0 Å². The lowest BCUT2D eigenvalue weighted by molar-refractivity contribution is 0.0526. The molecule has 1 aliphatic carbocycles. The van der Waals surface area contributed by atoms with Crippen molar-refractivity contribution >= 4 is 17.1 Å². The van der Waals surface area contributed by atoms with Gasteiger partial charge < -0.3 is 9.15 Å². The van der Waals surface area contributed by atoms with Crippen molar-refractivity contribution in [2.75, 3.05) is 6.61 Å². The summed E-state index contributed by atoms with van der Waals surface area (Å²) in [6.07, 6.45) is 3.87. The molecule has 0 radical (unpaired) electrons. The lowest BCUT2D eigenvalue weighted by Gasteiger charge is -1.99. The molecule has 0 saturated heterocycles. The van der Waals surface area contributed by atoms with Crippen molar-refractivity contribution in [2.45, 2.75) is 25.7 Å². The van der Waals surface area contributed by atoms with Crippen LogP contribution in [-0.2, 0) is 4.74 Å². The van der Waals surface area contributed by atoms with E-state index < -0.39 is 0 Å². The first-order chi connectivity index (χ1) is 8.28. The van der Waals surface area contributed by atoms with Gasteiger partial charge >= 0.3 is 5.97 Å². The number of fused-ring (bicyclic) bond motifs is 1. The first-order valence-corrected chi connectivity index (χ1v) is 5.84. The monoisotopic (exact) mass is 231 g/mol. The molecule has 1 fully saturated rings. The highest BCUT2D eigenvalue weighted by Gasteiger charge is 2.27. The van der Waals surface area contributed by atoms with Gasteiger partial charge in [-0.05, 0) is 31.9 Å². The Balaban J connectivity index is 1.97. The SMILES string of the molecule is CCOC(=O)c1cnc2oc(C3CC3)cc2c1. The molecule has 2 aromatic rings. The second-order valence-corrected chi connectivity index (χ2v) is 4.26. The third kappa shape index (κ3) is 1.90. The minimum atomic E-state index is -0.337. The minimum absolute atomic E-state index is 0.337. The van der Waals surface area contributed by atoms with Gasteiger partial charge in [-0.2, -0.15) is 0 Å². The number of ether oxygens (including phenoxy) is 1. The van der Waals surface area contributed by atoms with Crippen LogP contribution in [0.3, 0.4) is 0 Å². The van der Waals surface area contributed by atoms with E-state index >= 15 is 0 Å². The number of nitrogens with zero attached hydrogens (tertiary/aromatic N) is 1. The highest BCUT2D eigenvalue weighted by molar-refractivity contribution is 5.92. The number of esters is 1. The van der Waals surface area contributed by atoms with Gasteiger partial charge in [0, 0.05) is 17.5 Å². The Kier molecular flexibility index (Phi) is 2.35. The summed E-state index contributed by atoms with van der Waals surface area (Å²) in [6.45, 7) is 2.16. The summed E-state index contributed by atoms with van der Waals surface area (Å²) in [6, 6.07) is 3.75. The molecule has 3 rings (SSSR count). The summed E-state index contributed by atoms with van der Waals surface area (Å²) in [4.78, 5) is 15.7. The molecule has 0 spiro atoms. The number of pyridine rings is 1. The van der Waals surface area contributed by atoms with Crippen molar-refractivity contribution in [1.82, 2.24) is 4.98 Å². The van der Waals surface area contributed by atoms with E-state index in [2.05, 4.69) is 4.98 Å².